The number of aryl methyl sites for hydroxylation is 1. The number of nitrogens with zero attached hydrogens (tertiary/aromatic N) is 4. The maximum atomic E-state index is 12.4. The van der Waals surface area contributed by atoms with Crippen molar-refractivity contribution in [3.8, 4) is 5.69 Å². The van der Waals surface area contributed by atoms with Gasteiger partial charge >= 0.3 is 0 Å². The summed E-state index contributed by atoms with van der Waals surface area (Å²) in [6.07, 6.45) is 1.52. The van der Waals surface area contributed by atoms with E-state index in [4.69, 9.17) is 0 Å². The van der Waals surface area contributed by atoms with Gasteiger partial charge in [0.15, 0.2) is 0 Å². The Bertz CT molecular complexity index is 811. The lowest BCUT2D eigenvalue weighted by molar-refractivity contribution is 0.102. The number of tetrazole rings is 1. The minimum atomic E-state index is -0.138. The molecule has 0 saturated heterocycles. The van der Waals surface area contributed by atoms with Gasteiger partial charge in [0.2, 0.25) is 0 Å². The zero-order valence-corrected chi connectivity index (χ0v) is 12.3. The minimum Gasteiger partial charge on any atom is -0.322 e. The molecule has 0 saturated carbocycles. The lowest BCUT2D eigenvalue weighted by atomic mass is 10.1. The summed E-state index contributed by atoms with van der Waals surface area (Å²) in [5.74, 6) is -0.138. The molecule has 1 N–H and O–H groups in total. The largest absolute Gasteiger partial charge is 0.322 e. The number of anilines is 1. The summed E-state index contributed by atoms with van der Waals surface area (Å²) in [6.45, 7) is 3.88. The number of amides is 1. The third-order valence-corrected chi connectivity index (χ3v) is 3.43. The molecule has 0 unspecified atom stereocenters. The van der Waals surface area contributed by atoms with Gasteiger partial charge in [0.25, 0.3) is 5.91 Å². The molecule has 0 aliphatic heterocycles. The number of nitrogens with one attached hydrogen (secondary N) is 1. The quantitative estimate of drug-likeness (QED) is 0.805. The molecule has 1 heterocycles. The molecule has 1 amide bonds. The number of aromatic nitrogens is 4. The zero-order valence-electron chi connectivity index (χ0n) is 12.3. The van der Waals surface area contributed by atoms with E-state index in [9.17, 15) is 4.79 Å². The van der Waals surface area contributed by atoms with Crippen LogP contribution in [0.4, 0.5) is 5.69 Å². The monoisotopic (exact) mass is 293 g/mol. The molecule has 3 aromatic rings. The molecule has 0 atom stereocenters. The first-order valence-corrected chi connectivity index (χ1v) is 6.86. The van der Waals surface area contributed by atoms with E-state index in [-0.39, 0.29) is 5.91 Å². The molecule has 0 spiro atoms. The zero-order chi connectivity index (χ0) is 15.5. The fourth-order valence-electron chi connectivity index (χ4n) is 2.26. The van der Waals surface area contributed by atoms with Crippen LogP contribution in [0.3, 0.4) is 0 Å². The highest BCUT2D eigenvalue weighted by molar-refractivity contribution is 6.04. The predicted octanol–water partition coefficient (Wildman–Crippen LogP) is 2.53. The van der Waals surface area contributed by atoms with Crippen LogP contribution in [0.25, 0.3) is 5.69 Å². The van der Waals surface area contributed by atoms with Crippen LogP contribution in [0.2, 0.25) is 0 Å². The first-order valence-electron chi connectivity index (χ1n) is 6.86. The summed E-state index contributed by atoms with van der Waals surface area (Å²) >= 11 is 0. The number of hydrogen-bond acceptors (Lipinski definition) is 4. The van der Waals surface area contributed by atoms with E-state index in [1.54, 1.807) is 10.7 Å². The van der Waals surface area contributed by atoms with Gasteiger partial charge in [-0.2, -0.15) is 0 Å². The average Bonchev–Trinajstić information content (AvgIpc) is 3.03. The maximum absolute atomic E-state index is 12.4. The first kappa shape index (κ1) is 13.9. The highest BCUT2D eigenvalue weighted by Gasteiger charge is 2.11. The molecule has 6 nitrogen and oxygen atoms in total. The lowest BCUT2D eigenvalue weighted by Gasteiger charge is -2.12. The van der Waals surface area contributed by atoms with E-state index in [0.29, 0.717) is 5.56 Å². The normalized spacial score (nSPS) is 10.5. The highest BCUT2D eigenvalue weighted by atomic mass is 16.1. The fourth-order valence-corrected chi connectivity index (χ4v) is 2.26. The average molecular weight is 293 g/mol. The number of rotatable bonds is 3. The molecule has 1 aromatic heterocycles. The summed E-state index contributed by atoms with van der Waals surface area (Å²) in [7, 11) is 0. The van der Waals surface area contributed by atoms with Gasteiger partial charge in [0, 0.05) is 11.3 Å². The van der Waals surface area contributed by atoms with Crippen LogP contribution in [0.1, 0.15) is 21.5 Å². The Hall–Kier alpha value is -3.02. The molecule has 0 radical (unpaired) electrons. The lowest BCUT2D eigenvalue weighted by Crippen LogP contribution is -2.13. The highest BCUT2D eigenvalue weighted by Crippen LogP contribution is 2.22. The molecule has 110 valence electrons. The third-order valence-electron chi connectivity index (χ3n) is 3.43. The molecular weight excluding hydrogens is 278 g/mol. The van der Waals surface area contributed by atoms with Gasteiger partial charge in [0.1, 0.15) is 6.33 Å². The molecule has 0 aliphatic carbocycles. The predicted molar refractivity (Wildman–Crippen MR) is 83.0 cm³/mol. The van der Waals surface area contributed by atoms with Gasteiger partial charge in [0.05, 0.1) is 5.69 Å². The molecule has 22 heavy (non-hydrogen) atoms. The van der Waals surface area contributed by atoms with Crippen LogP contribution >= 0.6 is 0 Å². The molecule has 2 aromatic carbocycles. The molecular formula is C16H15N5O. The summed E-state index contributed by atoms with van der Waals surface area (Å²) in [6, 6.07) is 13.1. The van der Waals surface area contributed by atoms with Crippen LogP contribution in [0.5, 0.6) is 0 Å². The van der Waals surface area contributed by atoms with E-state index in [0.717, 1.165) is 22.5 Å². The van der Waals surface area contributed by atoms with Crippen LogP contribution in [-0.2, 0) is 0 Å². The van der Waals surface area contributed by atoms with E-state index in [2.05, 4.69) is 20.8 Å². The Morgan fingerprint density at radius 1 is 1.14 bits per heavy atom. The van der Waals surface area contributed by atoms with Gasteiger partial charge < -0.3 is 5.32 Å². The number of carbonyl (C=O) groups is 1. The van der Waals surface area contributed by atoms with E-state index >= 15 is 0 Å². The molecule has 0 fully saturated rings. The van der Waals surface area contributed by atoms with Gasteiger partial charge in [-0.1, -0.05) is 23.8 Å². The van der Waals surface area contributed by atoms with Crippen molar-refractivity contribution in [3.05, 3.63) is 65.5 Å². The fraction of sp³-hybridized carbons (Fsp3) is 0.125. The number of hydrogen-bond donors (Lipinski definition) is 1. The Labute approximate surface area is 127 Å². The summed E-state index contributed by atoms with van der Waals surface area (Å²) < 4.78 is 1.57. The van der Waals surface area contributed by atoms with Gasteiger partial charge in [-0.25, -0.2) is 4.68 Å². The van der Waals surface area contributed by atoms with Gasteiger partial charge in [-0.3, -0.25) is 4.79 Å². The Kier molecular flexibility index (Phi) is 3.65. The smallest absolute Gasteiger partial charge is 0.255 e. The summed E-state index contributed by atoms with van der Waals surface area (Å²) in [5.41, 5.74) is 4.14. The van der Waals surface area contributed by atoms with Crippen LogP contribution in [0.15, 0.2) is 48.8 Å². The van der Waals surface area contributed by atoms with Crippen molar-refractivity contribution in [2.24, 2.45) is 0 Å². The number of carbonyl (C=O) groups excluding carboxylic acids is 1. The standard InChI is InChI=1S/C16H15N5O/c1-11-5-3-6-13(9-11)16(22)18-14-7-4-8-15(12(14)2)21-10-17-19-20-21/h3-10H,1-2H3,(H,18,22). The van der Waals surface area contributed by atoms with E-state index < -0.39 is 0 Å². The molecule has 6 heteroatoms. The van der Waals surface area contributed by atoms with E-state index in [1.807, 2.05) is 50.2 Å². The van der Waals surface area contributed by atoms with Gasteiger partial charge in [-0.05, 0) is 54.1 Å². The minimum absolute atomic E-state index is 0.138. The van der Waals surface area contributed by atoms with Crippen LogP contribution in [-0.4, -0.2) is 26.1 Å². The SMILES string of the molecule is Cc1cccc(C(=O)Nc2cccc(-n3cnnn3)c2C)c1. The second kappa shape index (κ2) is 5.77. The second-order valence-electron chi connectivity index (χ2n) is 5.03. The van der Waals surface area contributed by atoms with Crippen molar-refractivity contribution in [1.82, 2.24) is 20.2 Å². The summed E-state index contributed by atoms with van der Waals surface area (Å²) in [5, 5.41) is 14.1. The van der Waals surface area contributed by atoms with Crippen molar-refractivity contribution in [3.63, 3.8) is 0 Å². The van der Waals surface area contributed by atoms with Crippen molar-refractivity contribution in [2.75, 3.05) is 5.32 Å². The maximum Gasteiger partial charge on any atom is 0.255 e. The van der Waals surface area contributed by atoms with Crippen LogP contribution < -0.4 is 5.32 Å². The van der Waals surface area contributed by atoms with Crippen molar-refractivity contribution >= 4 is 11.6 Å². The third kappa shape index (κ3) is 2.71. The van der Waals surface area contributed by atoms with E-state index in [1.165, 1.54) is 6.33 Å². The molecule has 0 aliphatic rings. The van der Waals surface area contributed by atoms with Crippen molar-refractivity contribution in [1.29, 1.82) is 0 Å². The topological polar surface area (TPSA) is 72.7 Å². The van der Waals surface area contributed by atoms with Gasteiger partial charge in [-0.15, -0.1) is 5.10 Å². The summed E-state index contributed by atoms with van der Waals surface area (Å²) in [4.78, 5) is 12.4. The van der Waals surface area contributed by atoms with Crippen molar-refractivity contribution in [2.45, 2.75) is 13.8 Å². The number of benzene rings is 2. The van der Waals surface area contributed by atoms with Crippen LogP contribution in [0, 0.1) is 13.8 Å². The van der Waals surface area contributed by atoms with Crippen molar-refractivity contribution < 1.29 is 4.79 Å². The molecule has 3 rings (SSSR count). The Balaban J connectivity index is 1.90. The first-order chi connectivity index (χ1) is 10.6. The molecule has 0 bridgehead atoms. The Morgan fingerprint density at radius 3 is 2.68 bits per heavy atom. The Morgan fingerprint density at radius 2 is 1.95 bits per heavy atom. The second-order valence-corrected chi connectivity index (χ2v) is 5.03.